The number of benzene rings is 3. The zero-order valence-electron chi connectivity index (χ0n) is 21.0. The molecule has 0 aliphatic rings. The molecule has 0 saturated heterocycles. The van der Waals surface area contributed by atoms with Gasteiger partial charge in [-0.1, -0.05) is 29.3 Å². The summed E-state index contributed by atoms with van der Waals surface area (Å²) in [5.74, 6) is 1.86. The fourth-order valence-corrected chi connectivity index (χ4v) is 4.17. The lowest BCUT2D eigenvalue weighted by molar-refractivity contribution is 0.0787. The zero-order valence-corrected chi connectivity index (χ0v) is 22.5. The van der Waals surface area contributed by atoms with Crippen molar-refractivity contribution in [1.82, 2.24) is 14.7 Å². The first-order chi connectivity index (χ1) is 17.8. The maximum absolute atomic E-state index is 13.6. The van der Waals surface area contributed by atoms with E-state index < -0.39 is 0 Å². The van der Waals surface area contributed by atoms with Gasteiger partial charge >= 0.3 is 0 Å². The lowest BCUT2D eigenvalue weighted by Gasteiger charge is -2.18. The summed E-state index contributed by atoms with van der Waals surface area (Å²) >= 11 is 12.4. The molecule has 3 aromatic carbocycles. The molecule has 0 radical (unpaired) electrons. The molecule has 37 heavy (non-hydrogen) atoms. The third-order valence-corrected chi connectivity index (χ3v) is 6.73. The van der Waals surface area contributed by atoms with Crippen LogP contribution in [0.3, 0.4) is 0 Å². The fraction of sp³-hybridized carbons (Fsp3) is 0.214. The molecule has 0 unspecified atom stereocenters. The summed E-state index contributed by atoms with van der Waals surface area (Å²) in [5.41, 5.74) is 3.55. The Morgan fingerprint density at radius 1 is 0.865 bits per heavy atom. The number of methoxy groups -OCH3 is 3. The second-order valence-corrected chi connectivity index (χ2v) is 9.13. The van der Waals surface area contributed by atoms with Gasteiger partial charge in [-0.3, -0.25) is 4.79 Å². The Hall–Kier alpha value is -3.68. The third kappa shape index (κ3) is 5.84. The van der Waals surface area contributed by atoms with Gasteiger partial charge in [0.15, 0.2) is 11.5 Å². The first kappa shape index (κ1) is 26.4. The number of aromatic nitrogens is 2. The molecule has 1 amide bonds. The average Bonchev–Trinajstić information content (AvgIpc) is 3.38. The molecule has 192 valence electrons. The maximum atomic E-state index is 13.6. The highest BCUT2D eigenvalue weighted by Gasteiger charge is 2.21. The van der Waals surface area contributed by atoms with Gasteiger partial charge in [0.05, 0.1) is 42.8 Å². The van der Waals surface area contributed by atoms with Crippen molar-refractivity contribution in [2.24, 2.45) is 0 Å². The van der Waals surface area contributed by atoms with Crippen LogP contribution in [0.5, 0.6) is 17.2 Å². The maximum Gasteiger partial charge on any atom is 0.272 e. The summed E-state index contributed by atoms with van der Waals surface area (Å²) in [6, 6.07) is 20.2. The number of nitrogens with zero attached hydrogens (tertiary/aromatic N) is 3. The Morgan fingerprint density at radius 2 is 1.59 bits per heavy atom. The van der Waals surface area contributed by atoms with Crippen molar-refractivity contribution in [3.63, 3.8) is 0 Å². The van der Waals surface area contributed by atoms with Crippen LogP contribution in [0.2, 0.25) is 10.0 Å². The van der Waals surface area contributed by atoms with Crippen LogP contribution in [-0.4, -0.2) is 55.5 Å². The van der Waals surface area contributed by atoms with E-state index in [4.69, 9.17) is 42.5 Å². The van der Waals surface area contributed by atoms with Crippen molar-refractivity contribution in [2.45, 2.75) is 6.42 Å². The summed E-state index contributed by atoms with van der Waals surface area (Å²) in [5, 5.41) is 5.54. The van der Waals surface area contributed by atoms with E-state index in [1.54, 1.807) is 62.2 Å². The Kier molecular flexibility index (Phi) is 8.26. The Morgan fingerprint density at radius 3 is 2.24 bits per heavy atom. The molecule has 0 aliphatic carbocycles. The minimum Gasteiger partial charge on any atom is -0.497 e. The van der Waals surface area contributed by atoms with E-state index in [1.165, 1.54) is 0 Å². The van der Waals surface area contributed by atoms with Crippen molar-refractivity contribution < 1.29 is 19.0 Å². The fourth-order valence-electron chi connectivity index (χ4n) is 3.88. The van der Waals surface area contributed by atoms with Gasteiger partial charge in [0.25, 0.3) is 5.91 Å². The first-order valence-corrected chi connectivity index (χ1v) is 12.3. The molecule has 0 atom stereocenters. The van der Waals surface area contributed by atoms with Crippen molar-refractivity contribution in [3.8, 4) is 34.2 Å². The summed E-state index contributed by atoms with van der Waals surface area (Å²) in [4.78, 5) is 15.3. The second kappa shape index (κ2) is 11.6. The van der Waals surface area contributed by atoms with E-state index in [1.807, 2.05) is 42.5 Å². The number of rotatable bonds is 9. The average molecular weight is 540 g/mol. The van der Waals surface area contributed by atoms with Crippen molar-refractivity contribution in [1.29, 1.82) is 0 Å². The van der Waals surface area contributed by atoms with E-state index in [0.29, 0.717) is 51.6 Å². The van der Waals surface area contributed by atoms with Crippen LogP contribution in [0.25, 0.3) is 16.9 Å². The Labute approximate surface area is 226 Å². The molecule has 1 aromatic heterocycles. The highest BCUT2D eigenvalue weighted by atomic mass is 35.5. The predicted molar refractivity (Wildman–Crippen MR) is 146 cm³/mol. The van der Waals surface area contributed by atoms with Crippen LogP contribution in [0.1, 0.15) is 16.1 Å². The number of ether oxygens (including phenoxy) is 3. The quantitative estimate of drug-likeness (QED) is 0.254. The number of carbonyl (C=O) groups excluding carboxylic acids is 1. The summed E-state index contributed by atoms with van der Waals surface area (Å²) in [6.07, 6.45) is 0.634. The number of amides is 1. The van der Waals surface area contributed by atoms with Crippen molar-refractivity contribution >= 4 is 29.1 Å². The molecule has 4 rings (SSSR count). The van der Waals surface area contributed by atoms with Gasteiger partial charge in [-0.05, 0) is 72.6 Å². The van der Waals surface area contributed by atoms with Gasteiger partial charge in [0, 0.05) is 19.2 Å². The van der Waals surface area contributed by atoms with Crippen LogP contribution < -0.4 is 14.2 Å². The molecule has 4 aromatic rings. The molecule has 0 spiro atoms. The molecule has 7 nitrogen and oxygen atoms in total. The van der Waals surface area contributed by atoms with Gasteiger partial charge in [-0.2, -0.15) is 5.10 Å². The summed E-state index contributed by atoms with van der Waals surface area (Å²) < 4.78 is 17.6. The summed E-state index contributed by atoms with van der Waals surface area (Å²) in [6.45, 7) is 0.485. The molecule has 0 N–H and O–H groups in total. The number of likely N-dealkylation sites (N-methyl/N-ethyl adjacent to an activating group) is 1. The van der Waals surface area contributed by atoms with Gasteiger partial charge in [0.1, 0.15) is 11.4 Å². The molecular formula is C28H27Cl2N3O4. The standard InChI is InChI=1S/C28H27Cl2N3O4/c1-32(14-13-18-5-12-26(36-3)27(15-18)37-4)28(34)25-17-24(19-6-9-21(35-2)10-7-19)31-33(25)20-8-11-22(29)23(30)16-20/h5-12,15-17H,13-14H2,1-4H3. The summed E-state index contributed by atoms with van der Waals surface area (Å²) in [7, 11) is 6.58. The topological polar surface area (TPSA) is 65.8 Å². The van der Waals surface area contributed by atoms with Crippen LogP contribution in [0.15, 0.2) is 66.7 Å². The number of carbonyl (C=O) groups is 1. The molecule has 0 bridgehead atoms. The Balaban J connectivity index is 1.63. The van der Waals surface area contributed by atoms with E-state index in [2.05, 4.69) is 0 Å². The number of halogens is 2. The normalized spacial score (nSPS) is 10.8. The molecule has 0 fully saturated rings. The minimum absolute atomic E-state index is 0.182. The van der Waals surface area contributed by atoms with Gasteiger partial charge in [-0.25, -0.2) is 4.68 Å². The molecule has 0 saturated carbocycles. The lowest BCUT2D eigenvalue weighted by Crippen LogP contribution is -2.30. The van der Waals surface area contributed by atoms with Crippen LogP contribution >= 0.6 is 23.2 Å². The molecular weight excluding hydrogens is 513 g/mol. The lowest BCUT2D eigenvalue weighted by atomic mass is 10.1. The van der Waals surface area contributed by atoms with E-state index >= 15 is 0 Å². The predicted octanol–water partition coefficient (Wildman–Crippen LogP) is 6.19. The number of hydrogen-bond donors (Lipinski definition) is 0. The molecule has 1 heterocycles. The van der Waals surface area contributed by atoms with Crippen LogP contribution in [0.4, 0.5) is 0 Å². The van der Waals surface area contributed by atoms with Crippen LogP contribution in [0, 0.1) is 0 Å². The smallest absolute Gasteiger partial charge is 0.272 e. The highest BCUT2D eigenvalue weighted by Crippen LogP contribution is 2.29. The van der Waals surface area contributed by atoms with E-state index in [0.717, 1.165) is 16.9 Å². The van der Waals surface area contributed by atoms with Crippen molar-refractivity contribution in [3.05, 3.63) is 88.0 Å². The zero-order chi connectivity index (χ0) is 26.5. The first-order valence-electron chi connectivity index (χ1n) is 11.5. The molecule has 9 heteroatoms. The Bertz CT molecular complexity index is 1400. The SMILES string of the molecule is COc1ccc(-c2cc(C(=O)N(C)CCc3ccc(OC)c(OC)c3)n(-c3ccc(Cl)c(Cl)c3)n2)cc1. The highest BCUT2D eigenvalue weighted by molar-refractivity contribution is 6.42. The van der Waals surface area contributed by atoms with Gasteiger partial charge < -0.3 is 19.1 Å². The van der Waals surface area contributed by atoms with E-state index in [-0.39, 0.29) is 5.91 Å². The van der Waals surface area contributed by atoms with E-state index in [9.17, 15) is 4.79 Å². The third-order valence-electron chi connectivity index (χ3n) is 5.99. The van der Waals surface area contributed by atoms with Crippen LogP contribution in [-0.2, 0) is 6.42 Å². The van der Waals surface area contributed by atoms with Gasteiger partial charge in [-0.15, -0.1) is 0 Å². The minimum atomic E-state index is -0.182. The monoisotopic (exact) mass is 539 g/mol. The largest absolute Gasteiger partial charge is 0.497 e. The van der Waals surface area contributed by atoms with Gasteiger partial charge in [0.2, 0.25) is 0 Å². The van der Waals surface area contributed by atoms with Crippen molar-refractivity contribution in [2.75, 3.05) is 34.9 Å². The number of hydrogen-bond acceptors (Lipinski definition) is 5. The second-order valence-electron chi connectivity index (χ2n) is 8.32. The molecule has 0 aliphatic heterocycles.